The van der Waals surface area contributed by atoms with Crippen molar-refractivity contribution in [1.29, 1.82) is 0 Å². The molecule has 262 valence electrons. The van der Waals surface area contributed by atoms with Gasteiger partial charge in [-0.05, 0) is 83.4 Å². The Hall–Kier alpha value is -1.37. The third kappa shape index (κ3) is 11.3. The summed E-state index contributed by atoms with van der Waals surface area (Å²) in [7, 11) is -2.76. The number of thioether (sulfide) groups is 2. The smallest absolute Gasteiger partial charge is 0.315 e. The third-order valence-corrected chi connectivity index (χ3v) is 21.8. The number of esters is 1. The minimum absolute atomic E-state index is 0.00702. The lowest BCUT2D eigenvalue weighted by atomic mass is 9.98. The zero-order valence-electron chi connectivity index (χ0n) is 30.8. The van der Waals surface area contributed by atoms with Crippen LogP contribution < -0.4 is 0 Å². The molecule has 1 saturated carbocycles. The molecule has 0 unspecified atom stereocenters. The number of methoxy groups -OCH3 is 1. The van der Waals surface area contributed by atoms with Crippen LogP contribution in [0.2, 0.25) is 36.3 Å². The Kier molecular flexibility index (Phi) is 14.5. The monoisotopic (exact) mass is 716 g/mol. The Labute approximate surface area is 296 Å². The van der Waals surface area contributed by atoms with E-state index in [4.69, 9.17) is 13.6 Å². The highest BCUT2D eigenvalue weighted by molar-refractivity contribution is 8.01. The largest absolute Gasteiger partial charge is 0.468 e. The molecule has 0 radical (unpaired) electrons. The second kappa shape index (κ2) is 17.0. The minimum atomic E-state index is -2.11. The van der Waals surface area contributed by atoms with Crippen molar-refractivity contribution < 1.29 is 23.2 Å². The summed E-state index contributed by atoms with van der Waals surface area (Å²) in [5.74, 6) is 2.18. The first kappa shape index (κ1) is 40.1. The zero-order chi connectivity index (χ0) is 35.0. The topological polar surface area (TPSA) is 61.8 Å². The lowest BCUT2D eigenvalue weighted by Crippen LogP contribution is -2.45. The number of rotatable bonds is 16. The molecule has 0 amide bonds. The maximum absolute atomic E-state index is 13.6. The summed E-state index contributed by atoms with van der Waals surface area (Å²) in [5, 5.41) is 2.56. The fraction of sp³-hybridized carbons (Fsp3) is 0.632. The SMILES string of the molecule is COC(=O)CSCCCS[C@H]1C(=O)C[C@@H](O[Si](C)(C)C(C)(C)C)[C@@H]1C=C[C@H](CCc1cccc2ccccc12)O[Si](C)(C)C(C)(C)C. The Balaban J connectivity index is 1.87. The van der Waals surface area contributed by atoms with E-state index in [-0.39, 0.29) is 45.2 Å². The summed E-state index contributed by atoms with van der Waals surface area (Å²) in [6.07, 6.45) is 7.56. The first-order valence-corrected chi connectivity index (χ1v) is 25.2. The van der Waals surface area contributed by atoms with E-state index in [1.165, 1.54) is 23.4 Å². The van der Waals surface area contributed by atoms with Crippen LogP contribution in [0.3, 0.4) is 0 Å². The zero-order valence-corrected chi connectivity index (χ0v) is 34.4. The average Bonchev–Trinajstić information content (AvgIpc) is 3.27. The van der Waals surface area contributed by atoms with Gasteiger partial charge in [-0.3, -0.25) is 9.59 Å². The van der Waals surface area contributed by atoms with E-state index in [0.29, 0.717) is 12.2 Å². The molecule has 4 atom stereocenters. The molecule has 0 aromatic heterocycles. The predicted molar refractivity (Wildman–Crippen MR) is 209 cm³/mol. The van der Waals surface area contributed by atoms with E-state index < -0.39 is 16.6 Å². The number of fused-ring (bicyclic) bond motifs is 1. The van der Waals surface area contributed by atoms with Gasteiger partial charge in [-0.1, -0.05) is 96.2 Å². The number of Topliss-reactive ketones (excluding diaryl/α,β-unsaturated/α-hetero) is 1. The maximum atomic E-state index is 13.6. The molecule has 47 heavy (non-hydrogen) atoms. The van der Waals surface area contributed by atoms with Gasteiger partial charge < -0.3 is 13.6 Å². The van der Waals surface area contributed by atoms with Gasteiger partial charge in [0.25, 0.3) is 0 Å². The van der Waals surface area contributed by atoms with Gasteiger partial charge in [-0.15, -0.1) is 11.8 Å². The van der Waals surface area contributed by atoms with Gasteiger partial charge in [0.15, 0.2) is 16.6 Å². The number of ether oxygens (including phenoxy) is 1. The van der Waals surface area contributed by atoms with Crippen molar-refractivity contribution in [2.24, 2.45) is 5.92 Å². The molecule has 2 aromatic rings. The summed E-state index contributed by atoms with van der Waals surface area (Å²) in [6.45, 7) is 22.9. The number of ketones is 1. The molecule has 0 saturated heterocycles. The average molecular weight is 717 g/mol. The van der Waals surface area contributed by atoms with Crippen molar-refractivity contribution in [1.82, 2.24) is 0 Å². The lowest BCUT2D eigenvalue weighted by molar-refractivity contribution is -0.137. The minimum Gasteiger partial charge on any atom is -0.468 e. The molecule has 1 aliphatic carbocycles. The molecule has 0 aliphatic heterocycles. The summed E-state index contributed by atoms with van der Waals surface area (Å²) in [5.41, 5.74) is 1.34. The van der Waals surface area contributed by atoms with Crippen LogP contribution in [-0.4, -0.2) is 70.2 Å². The Bertz CT molecular complexity index is 1360. The molecule has 5 nitrogen and oxygen atoms in total. The number of benzene rings is 2. The number of hydrogen-bond donors (Lipinski definition) is 0. The van der Waals surface area contributed by atoms with Crippen LogP contribution >= 0.6 is 23.5 Å². The van der Waals surface area contributed by atoms with Crippen molar-refractivity contribution in [2.75, 3.05) is 24.4 Å². The van der Waals surface area contributed by atoms with Gasteiger partial charge in [0, 0.05) is 12.3 Å². The van der Waals surface area contributed by atoms with Gasteiger partial charge in [0.05, 0.1) is 30.3 Å². The molecule has 1 fully saturated rings. The number of carbonyl (C=O) groups excluding carboxylic acids is 2. The third-order valence-electron chi connectivity index (χ3n) is 10.3. The predicted octanol–water partition coefficient (Wildman–Crippen LogP) is 10.1. The second-order valence-corrected chi connectivity index (χ2v) is 27.8. The molecule has 0 heterocycles. The first-order chi connectivity index (χ1) is 21.9. The van der Waals surface area contributed by atoms with E-state index in [1.54, 1.807) is 23.5 Å². The fourth-order valence-corrected chi connectivity index (χ4v) is 10.3. The lowest BCUT2D eigenvalue weighted by Gasteiger charge is -2.40. The molecule has 3 rings (SSSR count). The van der Waals surface area contributed by atoms with Gasteiger partial charge in [-0.25, -0.2) is 0 Å². The number of hydrogen-bond acceptors (Lipinski definition) is 7. The maximum Gasteiger partial charge on any atom is 0.315 e. The molecule has 2 aromatic carbocycles. The molecule has 0 spiro atoms. The number of carbonyl (C=O) groups is 2. The van der Waals surface area contributed by atoms with Crippen molar-refractivity contribution >= 4 is 62.7 Å². The number of aryl methyl sites for hydroxylation is 1. The van der Waals surface area contributed by atoms with Crippen LogP contribution in [0.15, 0.2) is 54.6 Å². The van der Waals surface area contributed by atoms with E-state index in [1.807, 2.05) is 0 Å². The van der Waals surface area contributed by atoms with Crippen LogP contribution in [0.1, 0.15) is 66.4 Å². The summed E-state index contributed by atoms with van der Waals surface area (Å²) < 4.78 is 18.8. The first-order valence-electron chi connectivity index (χ1n) is 17.2. The summed E-state index contributed by atoms with van der Waals surface area (Å²) >= 11 is 3.34. The fourth-order valence-electron chi connectivity index (χ4n) is 5.36. The van der Waals surface area contributed by atoms with Crippen LogP contribution in [0.4, 0.5) is 0 Å². The standard InChI is InChI=1S/C38H60O5S2Si2/c1-37(2,3)46(8,9)42-30(21-20-29-18-14-17-28-16-12-13-19-31(28)29)22-23-32-34(43-47(10,11)38(4,5)6)26-33(39)36(32)45-25-15-24-44-27-35(40)41-7/h12-14,16-19,22-23,30,32,34,36H,15,20-21,24-27H2,1-11H3/t30-,32-,34+,36+/m0/s1. The highest BCUT2D eigenvalue weighted by Crippen LogP contribution is 2.43. The van der Waals surface area contributed by atoms with Crippen LogP contribution in [-0.2, 0) is 29.6 Å². The Morgan fingerprint density at radius 2 is 1.62 bits per heavy atom. The molecular weight excluding hydrogens is 657 g/mol. The highest BCUT2D eigenvalue weighted by Gasteiger charge is 2.47. The van der Waals surface area contributed by atoms with Gasteiger partial charge in [0.1, 0.15) is 5.78 Å². The van der Waals surface area contributed by atoms with E-state index in [9.17, 15) is 9.59 Å². The van der Waals surface area contributed by atoms with Gasteiger partial charge in [0.2, 0.25) is 0 Å². The van der Waals surface area contributed by atoms with Crippen molar-refractivity contribution in [3.63, 3.8) is 0 Å². The van der Waals surface area contributed by atoms with Crippen molar-refractivity contribution in [2.45, 2.75) is 121 Å². The second-order valence-electron chi connectivity index (χ2n) is 15.9. The molecular formula is C38H60O5S2Si2. The highest BCUT2D eigenvalue weighted by atomic mass is 32.2. The van der Waals surface area contributed by atoms with Crippen molar-refractivity contribution in [3.05, 3.63) is 60.2 Å². The van der Waals surface area contributed by atoms with E-state index in [2.05, 4.69) is 122 Å². The van der Waals surface area contributed by atoms with Crippen LogP contribution in [0, 0.1) is 5.92 Å². The normalized spacial score (nSPS) is 20.3. The summed E-state index contributed by atoms with van der Waals surface area (Å²) in [6, 6.07) is 15.2. The van der Waals surface area contributed by atoms with Crippen LogP contribution in [0.5, 0.6) is 0 Å². The van der Waals surface area contributed by atoms with Gasteiger partial charge in [-0.2, -0.15) is 11.8 Å². The Morgan fingerprint density at radius 1 is 0.957 bits per heavy atom. The van der Waals surface area contributed by atoms with Crippen LogP contribution in [0.25, 0.3) is 10.8 Å². The molecule has 0 N–H and O–H groups in total. The molecule has 9 heteroatoms. The summed E-state index contributed by atoms with van der Waals surface area (Å²) in [4.78, 5) is 25.1. The molecule has 1 aliphatic rings. The quantitative estimate of drug-likeness (QED) is 0.0742. The van der Waals surface area contributed by atoms with Crippen molar-refractivity contribution in [3.8, 4) is 0 Å². The van der Waals surface area contributed by atoms with Gasteiger partial charge >= 0.3 is 5.97 Å². The molecule has 0 bridgehead atoms. The van der Waals surface area contributed by atoms with E-state index in [0.717, 1.165) is 30.8 Å². The van der Waals surface area contributed by atoms with E-state index >= 15 is 0 Å². The Morgan fingerprint density at radius 3 is 2.28 bits per heavy atom.